The molecule has 0 radical (unpaired) electrons. The number of benzene rings is 1. The van der Waals surface area contributed by atoms with E-state index in [2.05, 4.69) is 46.1 Å². The van der Waals surface area contributed by atoms with Gasteiger partial charge in [0.05, 0.1) is 0 Å². The Balaban J connectivity index is 1.82. The van der Waals surface area contributed by atoms with Gasteiger partial charge in [-0.25, -0.2) is 9.97 Å². The Hall–Kier alpha value is -1.90. The first-order valence-corrected chi connectivity index (χ1v) is 6.97. The maximum Gasteiger partial charge on any atom is 0.225 e. The lowest BCUT2D eigenvalue weighted by atomic mass is 10.1. The van der Waals surface area contributed by atoms with Crippen molar-refractivity contribution in [1.29, 1.82) is 0 Å². The van der Waals surface area contributed by atoms with Gasteiger partial charge in [0.25, 0.3) is 0 Å². The van der Waals surface area contributed by atoms with E-state index in [1.165, 1.54) is 30.4 Å². The van der Waals surface area contributed by atoms with E-state index in [1.54, 1.807) is 0 Å². The molecule has 1 aromatic heterocycles. The van der Waals surface area contributed by atoms with Crippen molar-refractivity contribution >= 4 is 5.95 Å². The van der Waals surface area contributed by atoms with Crippen LogP contribution in [0.15, 0.2) is 36.7 Å². The molecular formula is C16H19N3. The Labute approximate surface area is 114 Å². The van der Waals surface area contributed by atoms with Crippen molar-refractivity contribution in [2.24, 2.45) is 0 Å². The fourth-order valence-corrected chi connectivity index (χ4v) is 2.55. The summed E-state index contributed by atoms with van der Waals surface area (Å²) in [5, 5.41) is 0. The standard InChI is InChI=1S/C16H19N3/c1-13-6-5-7-14(10-13)15-11-17-16(18-12-15)19-8-3-2-4-9-19/h5-7,10-12H,2-4,8-9H2,1H3. The predicted molar refractivity (Wildman–Crippen MR) is 78.3 cm³/mol. The van der Waals surface area contributed by atoms with Crippen LogP contribution in [0.5, 0.6) is 0 Å². The maximum absolute atomic E-state index is 4.52. The van der Waals surface area contributed by atoms with Crippen LogP contribution in [0.2, 0.25) is 0 Å². The van der Waals surface area contributed by atoms with Crippen LogP contribution < -0.4 is 4.90 Å². The summed E-state index contributed by atoms with van der Waals surface area (Å²) in [7, 11) is 0. The molecule has 98 valence electrons. The maximum atomic E-state index is 4.52. The predicted octanol–water partition coefficient (Wildman–Crippen LogP) is 3.44. The highest BCUT2D eigenvalue weighted by molar-refractivity contribution is 5.62. The van der Waals surface area contributed by atoms with Crippen molar-refractivity contribution in [3.8, 4) is 11.1 Å². The fourth-order valence-electron chi connectivity index (χ4n) is 2.55. The summed E-state index contributed by atoms with van der Waals surface area (Å²) in [5.41, 5.74) is 3.53. The molecule has 0 aliphatic carbocycles. The van der Waals surface area contributed by atoms with Crippen LogP contribution in [-0.2, 0) is 0 Å². The highest BCUT2D eigenvalue weighted by Crippen LogP contribution is 2.21. The molecule has 0 saturated carbocycles. The minimum absolute atomic E-state index is 0.871. The number of nitrogens with zero attached hydrogens (tertiary/aromatic N) is 3. The zero-order valence-electron chi connectivity index (χ0n) is 11.3. The first-order valence-electron chi connectivity index (χ1n) is 6.97. The highest BCUT2D eigenvalue weighted by Gasteiger charge is 2.13. The molecule has 0 N–H and O–H groups in total. The van der Waals surface area contributed by atoms with Gasteiger partial charge in [0, 0.05) is 31.0 Å². The van der Waals surface area contributed by atoms with Gasteiger partial charge in [0.1, 0.15) is 0 Å². The summed E-state index contributed by atoms with van der Waals surface area (Å²) < 4.78 is 0. The minimum atomic E-state index is 0.871. The summed E-state index contributed by atoms with van der Waals surface area (Å²) in [6.07, 6.45) is 7.71. The molecule has 3 heteroatoms. The Morgan fingerprint density at radius 3 is 2.37 bits per heavy atom. The van der Waals surface area contributed by atoms with Crippen molar-refractivity contribution in [3.05, 3.63) is 42.2 Å². The fraction of sp³-hybridized carbons (Fsp3) is 0.375. The number of piperidine rings is 1. The van der Waals surface area contributed by atoms with E-state index < -0.39 is 0 Å². The molecule has 0 spiro atoms. The van der Waals surface area contributed by atoms with Crippen molar-refractivity contribution < 1.29 is 0 Å². The van der Waals surface area contributed by atoms with E-state index in [0.717, 1.165) is 24.6 Å². The van der Waals surface area contributed by atoms with Crippen LogP contribution in [-0.4, -0.2) is 23.1 Å². The van der Waals surface area contributed by atoms with Crippen LogP contribution in [0.3, 0.4) is 0 Å². The van der Waals surface area contributed by atoms with Gasteiger partial charge in [-0.05, 0) is 31.7 Å². The van der Waals surface area contributed by atoms with Crippen molar-refractivity contribution in [1.82, 2.24) is 9.97 Å². The molecular weight excluding hydrogens is 234 g/mol. The molecule has 2 heterocycles. The monoisotopic (exact) mass is 253 g/mol. The van der Waals surface area contributed by atoms with E-state index in [-0.39, 0.29) is 0 Å². The first-order chi connectivity index (χ1) is 9.33. The molecule has 0 amide bonds. The summed E-state index contributed by atoms with van der Waals surface area (Å²) >= 11 is 0. The molecule has 3 nitrogen and oxygen atoms in total. The van der Waals surface area contributed by atoms with Crippen molar-refractivity contribution in [2.45, 2.75) is 26.2 Å². The average Bonchev–Trinajstić information content (AvgIpc) is 2.48. The highest BCUT2D eigenvalue weighted by atomic mass is 15.2. The van der Waals surface area contributed by atoms with Gasteiger partial charge in [0.2, 0.25) is 5.95 Å². The van der Waals surface area contributed by atoms with Crippen molar-refractivity contribution in [3.63, 3.8) is 0 Å². The SMILES string of the molecule is Cc1cccc(-c2cnc(N3CCCCC3)nc2)c1. The minimum Gasteiger partial charge on any atom is -0.341 e. The smallest absolute Gasteiger partial charge is 0.225 e. The zero-order valence-corrected chi connectivity index (χ0v) is 11.3. The lowest BCUT2D eigenvalue weighted by molar-refractivity contribution is 0.568. The summed E-state index contributed by atoms with van der Waals surface area (Å²) in [6, 6.07) is 8.45. The molecule has 0 unspecified atom stereocenters. The molecule has 1 saturated heterocycles. The van der Waals surface area contributed by atoms with Crippen LogP contribution >= 0.6 is 0 Å². The van der Waals surface area contributed by atoms with Gasteiger partial charge >= 0.3 is 0 Å². The number of anilines is 1. The number of aromatic nitrogens is 2. The number of rotatable bonds is 2. The van der Waals surface area contributed by atoms with Crippen LogP contribution in [0.25, 0.3) is 11.1 Å². The van der Waals surface area contributed by atoms with Gasteiger partial charge in [-0.2, -0.15) is 0 Å². The second-order valence-electron chi connectivity index (χ2n) is 5.19. The van der Waals surface area contributed by atoms with Crippen molar-refractivity contribution in [2.75, 3.05) is 18.0 Å². The second kappa shape index (κ2) is 5.39. The molecule has 2 aromatic rings. The molecule has 1 aliphatic heterocycles. The quantitative estimate of drug-likeness (QED) is 0.821. The lowest BCUT2D eigenvalue weighted by Gasteiger charge is -2.26. The van der Waals surface area contributed by atoms with E-state index in [4.69, 9.17) is 0 Å². The van der Waals surface area contributed by atoms with E-state index in [0.29, 0.717) is 0 Å². The lowest BCUT2D eigenvalue weighted by Crippen LogP contribution is -2.30. The Morgan fingerprint density at radius 2 is 1.68 bits per heavy atom. The molecule has 0 atom stereocenters. The normalized spacial score (nSPS) is 15.5. The van der Waals surface area contributed by atoms with Gasteiger partial charge in [-0.1, -0.05) is 29.8 Å². The molecule has 1 aliphatic rings. The van der Waals surface area contributed by atoms with Gasteiger partial charge < -0.3 is 4.90 Å². The van der Waals surface area contributed by atoms with E-state index >= 15 is 0 Å². The molecule has 0 bridgehead atoms. The third kappa shape index (κ3) is 2.75. The Bertz CT molecular complexity index is 542. The molecule has 1 aromatic carbocycles. The summed E-state index contributed by atoms with van der Waals surface area (Å²) in [5.74, 6) is 0.871. The van der Waals surface area contributed by atoms with E-state index in [1.807, 2.05) is 12.4 Å². The van der Waals surface area contributed by atoms with Crippen LogP contribution in [0, 0.1) is 6.92 Å². The average molecular weight is 253 g/mol. The Morgan fingerprint density at radius 1 is 0.947 bits per heavy atom. The summed E-state index contributed by atoms with van der Waals surface area (Å²) in [4.78, 5) is 11.3. The first kappa shape index (κ1) is 12.2. The molecule has 3 rings (SSSR count). The third-order valence-corrected chi connectivity index (χ3v) is 3.63. The third-order valence-electron chi connectivity index (χ3n) is 3.63. The second-order valence-corrected chi connectivity index (χ2v) is 5.19. The number of hydrogen-bond acceptors (Lipinski definition) is 3. The zero-order chi connectivity index (χ0) is 13.1. The van der Waals surface area contributed by atoms with Crippen LogP contribution in [0.1, 0.15) is 24.8 Å². The van der Waals surface area contributed by atoms with E-state index in [9.17, 15) is 0 Å². The van der Waals surface area contributed by atoms with Gasteiger partial charge in [-0.3, -0.25) is 0 Å². The number of hydrogen-bond donors (Lipinski definition) is 0. The topological polar surface area (TPSA) is 29.0 Å². The van der Waals surface area contributed by atoms with Crippen LogP contribution in [0.4, 0.5) is 5.95 Å². The molecule has 1 fully saturated rings. The Kier molecular flexibility index (Phi) is 3.45. The summed E-state index contributed by atoms with van der Waals surface area (Å²) in [6.45, 7) is 4.28. The largest absolute Gasteiger partial charge is 0.341 e. The van der Waals surface area contributed by atoms with Gasteiger partial charge in [-0.15, -0.1) is 0 Å². The van der Waals surface area contributed by atoms with Gasteiger partial charge in [0.15, 0.2) is 0 Å². The molecule has 19 heavy (non-hydrogen) atoms. The number of aryl methyl sites for hydroxylation is 1.